The highest BCUT2D eigenvalue weighted by atomic mass is 16.5. The molecule has 12 nitrogen and oxygen atoms in total. The van der Waals surface area contributed by atoms with E-state index >= 15 is 0 Å². The van der Waals surface area contributed by atoms with Gasteiger partial charge in [0.2, 0.25) is 11.8 Å². The molecular formula is C41H52N8O4. The Balaban J connectivity index is 0.899. The van der Waals surface area contributed by atoms with Crippen molar-refractivity contribution in [3.8, 4) is 11.5 Å². The van der Waals surface area contributed by atoms with Gasteiger partial charge in [0, 0.05) is 79.6 Å². The minimum atomic E-state index is -0.230. The van der Waals surface area contributed by atoms with Crippen LogP contribution in [0.5, 0.6) is 11.5 Å². The van der Waals surface area contributed by atoms with Gasteiger partial charge in [0.05, 0.1) is 37.8 Å². The molecule has 1 aromatic heterocycles. The molecule has 4 aliphatic heterocycles. The monoisotopic (exact) mass is 720 g/mol. The highest BCUT2D eigenvalue weighted by Gasteiger charge is 2.29. The van der Waals surface area contributed by atoms with Crippen LogP contribution in [0.1, 0.15) is 66.5 Å². The first-order valence-electron chi connectivity index (χ1n) is 18.8. The molecule has 5 heterocycles. The Kier molecular flexibility index (Phi) is 10.9. The molecule has 3 saturated heterocycles. The standard InChI is InChI=1S/C41H52N8O4/c1-6-53-37-22-33(35-25-46(4)28(3)40-34(35)23-42-45-40)38(52-5)21-31(37)24-48-17-19-49(20-18-48)39(50)26-47-15-13-30(14-16-47)29-8-10-32(11-9-29)44-36-12-7-27(2)43-41(36)51/h8-11,21-23,25,30,36,44H,2-3,6-7,12-20,24,26H2,1,4-5H3,(H,42,45)(H,43,51). The van der Waals surface area contributed by atoms with Crippen LogP contribution in [-0.2, 0) is 16.1 Å². The normalized spacial score (nSPS) is 20.2. The highest BCUT2D eigenvalue weighted by molar-refractivity contribution is 5.91. The number of methoxy groups -OCH3 is 1. The third-order valence-electron chi connectivity index (χ3n) is 11.1. The van der Waals surface area contributed by atoms with Crippen molar-refractivity contribution in [1.29, 1.82) is 0 Å². The van der Waals surface area contributed by atoms with Crippen LogP contribution in [0.15, 0.2) is 67.6 Å². The van der Waals surface area contributed by atoms with Crippen LogP contribution in [-0.4, -0.2) is 114 Å². The molecule has 0 saturated carbocycles. The van der Waals surface area contributed by atoms with Gasteiger partial charge in [-0.25, -0.2) is 0 Å². The summed E-state index contributed by atoms with van der Waals surface area (Å²) in [5, 5.41) is 13.6. The summed E-state index contributed by atoms with van der Waals surface area (Å²) < 4.78 is 12.1. The van der Waals surface area contributed by atoms with Crippen molar-refractivity contribution in [2.45, 2.75) is 51.1 Å². The maximum Gasteiger partial charge on any atom is 0.246 e. The Hall–Kier alpha value is -5.07. The van der Waals surface area contributed by atoms with Gasteiger partial charge in [0.15, 0.2) is 0 Å². The quantitative estimate of drug-likeness (QED) is 0.256. The minimum Gasteiger partial charge on any atom is -0.496 e. The number of carbonyl (C=O) groups is 2. The molecule has 280 valence electrons. The van der Waals surface area contributed by atoms with Crippen LogP contribution in [0.2, 0.25) is 0 Å². The first-order chi connectivity index (χ1) is 25.7. The zero-order valence-electron chi connectivity index (χ0n) is 31.2. The van der Waals surface area contributed by atoms with Crippen molar-refractivity contribution in [1.82, 2.24) is 35.1 Å². The second-order valence-corrected chi connectivity index (χ2v) is 14.5. The van der Waals surface area contributed by atoms with Crippen LogP contribution in [0, 0.1) is 0 Å². The van der Waals surface area contributed by atoms with Gasteiger partial charge in [-0.05, 0) is 81.4 Å². The molecule has 3 aromatic rings. The van der Waals surface area contributed by atoms with Crippen LogP contribution in [0.3, 0.4) is 0 Å². The number of fused-ring (bicyclic) bond motifs is 1. The average Bonchev–Trinajstić information content (AvgIpc) is 3.66. The molecule has 0 spiro atoms. The van der Waals surface area contributed by atoms with Gasteiger partial charge in [0.1, 0.15) is 17.5 Å². The number of hydrogen-bond donors (Lipinski definition) is 3. The van der Waals surface area contributed by atoms with E-state index in [4.69, 9.17) is 9.47 Å². The summed E-state index contributed by atoms with van der Waals surface area (Å²) in [4.78, 5) is 34.4. The zero-order valence-corrected chi connectivity index (χ0v) is 31.2. The van der Waals surface area contributed by atoms with Gasteiger partial charge in [-0.2, -0.15) is 5.10 Å². The number of amides is 2. The number of piperidine rings is 2. The summed E-state index contributed by atoms with van der Waals surface area (Å²) in [5.74, 6) is 2.26. The van der Waals surface area contributed by atoms with Crippen LogP contribution >= 0.6 is 0 Å². The molecule has 0 radical (unpaired) electrons. The lowest BCUT2D eigenvalue weighted by atomic mass is 9.89. The smallest absolute Gasteiger partial charge is 0.246 e. The lowest BCUT2D eigenvalue weighted by molar-refractivity contribution is -0.134. The third kappa shape index (κ3) is 7.98. The van der Waals surface area contributed by atoms with Gasteiger partial charge < -0.3 is 29.9 Å². The van der Waals surface area contributed by atoms with E-state index in [0.29, 0.717) is 38.7 Å². The fourth-order valence-electron chi connectivity index (χ4n) is 7.91. The lowest BCUT2D eigenvalue weighted by Crippen LogP contribution is -2.51. The molecule has 53 heavy (non-hydrogen) atoms. The van der Waals surface area contributed by atoms with E-state index < -0.39 is 0 Å². The number of carbonyl (C=O) groups excluding carboxylic acids is 2. The van der Waals surface area contributed by atoms with Crippen LogP contribution < -0.4 is 20.1 Å². The van der Waals surface area contributed by atoms with Crippen LogP contribution in [0.4, 0.5) is 5.69 Å². The third-order valence-corrected chi connectivity index (χ3v) is 11.1. The van der Waals surface area contributed by atoms with E-state index in [9.17, 15) is 9.59 Å². The van der Waals surface area contributed by atoms with Crippen LogP contribution in [0.25, 0.3) is 11.3 Å². The van der Waals surface area contributed by atoms with E-state index in [1.807, 2.05) is 30.0 Å². The van der Waals surface area contributed by atoms with Crippen molar-refractivity contribution < 1.29 is 19.1 Å². The van der Waals surface area contributed by atoms with Gasteiger partial charge in [-0.1, -0.05) is 25.3 Å². The molecule has 4 aliphatic rings. The molecule has 3 fully saturated rings. The number of nitrogens with zero attached hydrogens (tertiary/aromatic N) is 5. The SMILES string of the molecule is C=C1CCC(Nc2ccc(C3CCN(CC(=O)N4CCN(Cc5cc(OC)c(C6=CN(C)C(=C)c7[nH]ncc76)cc5OCC)CC4)CC3)cc2)C(=O)N1. The fourth-order valence-corrected chi connectivity index (χ4v) is 7.91. The summed E-state index contributed by atoms with van der Waals surface area (Å²) in [5.41, 5.74) is 8.77. The summed E-state index contributed by atoms with van der Waals surface area (Å²) in [7, 11) is 3.68. The Morgan fingerprint density at radius 3 is 2.43 bits per heavy atom. The Morgan fingerprint density at radius 2 is 1.74 bits per heavy atom. The maximum atomic E-state index is 13.4. The number of nitrogens with one attached hydrogen (secondary N) is 3. The second kappa shape index (κ2) is 15.9. The number of allylic oxidation sites excluding steroid dienone is 1. The van der Waals surface area contributed by atoms with E-state index in [2.05, 4.69) is 86.4 Å². The summed E-state index contributed by atoms with van der Waals surface area (Å²) in [6.07, 6.45) is 7.49. The number of hydrogen-bond acceptors (Lipinski definition) is 9. The maximum absolute atomic E-state index is 13.4. The number of benzene rings is 2. The van der Waals surface area contributed by atoms with E-state index in [1.165, 1.54) is 5.56 Å². The zero-order chi connectivity index (χ0) is 37.1. The fraction of sp³-hybridized carbons (Fsp3) is 0.439. The number of anilines is 1. The first kappa shape index (κ1) is 36.3. The Bertz CT molecular complexity index is 1870. The molecule has 12 heteroatoms. The van der Waals surface area contributed by atoms with Crippen molar-refractivity contribution in [2.75, 3.05) is 71.9 Å². The molecular weight excluding hydrogens is 669 g/mol. The molecule has 2 aromatic carbocycles. The molecule has 0 aliphatic carbocycles. The first-order valence-corrected chi connectivity index (χ1v) is 18.8. The number of aromatic nitrogens is 2. The van der Waals surface area contributed by atoms with Gasteiger partial charge >= 0.3 is 0 Å². The van der Waals surface area contributed by atoms with E-state index in [-0.39, 0.29) is 17.9 Å². The average molecular weight is 721 g/mol. The van der Waals surface area contributed by atoms with Crippen molar-refractivity contribution in [2.24, 2.45) is 0 Å². The predicted octanol–water partition coefficient (Wildman–Crippen LogP) is 4.85. The molecule has 7 rings (SSSR count). The summed E-state index contributed by atoms with van der Waals surface area (Å²) in [6.45, 7) is 16.6. The molecule has 0 bridgehead atoms. The Labute approximate surface area is 312 Å². The number of H-pyrrole nitrogens is 1. The molecule has 1 unspecified atom stereocenters. The van der Waals surface area contributed by atoms with E-state index in [0.717, 1.165) is 108 Å². The molecule has 1 atom stereocenters. The van der Waals surface area contributed by atoms with Gasteiger partial charge in [-0.3, -0.25) is 24.5 Å². The topological polar surface area (TPSA) is 118 Å². The number of piperazine rings is 1. The number of likely N-dealkylation sites (tertiary alicyclic amines) is 1. The second-order valence-electron chi connectivity index (χ2n) is 14.5. The Morgan fingerprint density at radius 1 is 0.981 bits per heavy atom. The summed E-state index contributed by atoms with van der Waals surface area (Å²) >= 11 is 0. The van der Waals surface area contributed by atoms with Gasteiger partial charge in [-0.15, -0.1) is 0 Å². The highest BCUT2D eigenvalue weighted by Crippen LogP contribution is 2.41. The van der Waals surface area contributed by atoms with Crippen molar-refractivity contribution in [3.63, 3.8) is 0 Å². The lowest BCUT2D eigenvalue weighted by Gasteiger charge is -2.37. The largest absolute Gasteiger partial charge is 0.496 e. The van der Waals surface area contributed by atoms with Crippen molar-refractivity contribution in [3.05, 3.63) is 95.6 Å². The number of ether oxygens (including phenoxy) is 2. The predicted molar refractivity (Wildman–Crippen MR) is 207 cm³/mol. The molecule has 2 amide bonds. The molecule has 3 N–H and O–H groups in total. The summed E-state index contributed by atoms with van der Waals surface area (Å²) in [6, 6.07) is 12.4. The van der Waals surface area contributed by atoms with Crippen molar-refractivity contribution >= 4 is 28.8 Å². The number of rotatable bonds is 11. The minimum absolute atomic E-state index is 0.0172. The van der Waals surface area contributed by atoms with Gasteiger partial charge in [0.25, 0.3) is 0 Å². The van der Waals surface area contributed by atoms with E-state index in [1.54, 1.807) is 7.11 Å². The number of aromatic amines is 1.